The molecule has 0 aliphatic rings. The normalized spacial score (nSPS) is 10.5. The first kappa shape index (κ1) is 7.91. The van der Waals surface area contributed by atoms with E-state index in [9.17, 15) is 4.79 Å². The first-order valence-corrected chi connectivity index (χ1v) is 3.41. The molecule has 0 aliphatic carbocycles. The van der Waals surface area contributed by atoms with Gasteiger partial charge in [0.25, 0.3) is 0 Å². The minimum absolute atomic E-state index is 0.107. The van der Waals surface area contributed by atoms with Gasteiger partial charge in [-0.3, -0.25) is 4.57 Å². The summed E-state index contributed by atoms with van der Waals surface area (Å²) >= 11 is 0. The predicted octanol–water partition coefficient (Wildman–Crippen LogP) is 1.03. The van der Waals surface area contributed by atoms with Crippen molar-refractivity contribution < 1.29 is 9.15 Å². The second-order valence-corrected chi connectivity index (χ2v) is 2.52. The molecular weight excluding hydrogens is 146 g/mol. The monoisotopic (exact) mass is 157 g/mol. The summed E-state index contributed by atoms with van der Waals surface area (Å²) in [6.45, 7) is 3.80. The van der Waals surface area contributed by atoms with E-state index in [1.54, 1.807) is 6.20 Å². The van der Waals surface area contributed by atoms with Crippen LogP contribution < -0.4 is 10.5 Å². The molecule has 0 aromatic carbocycles. The fourth-order valence-corrected chi connectivity index (χ4v) is 0.786. The highest BCUT2D eigenvalue weighted by Crippen LogP contribution is 2.09. The third-order valence-electron chi connectivity index (χ3n) is 1.40. The molecule has 11 heavy (non-hydrogen) atoms. The molecule has 0 aliphatic heterocycles. The number of ether oxygens (including phenoxy) is 1. The highest BCUT2D eigenvalue weighted by molar-refractivity contribution is 4.97. The number of rotatable bonds is 2. The molecule has 4 heteroatoms. The standard InChI is InChI=1S/C7H11NO3/c1-5(2)8-4-6(10-3)11-7(8)9/h4-5H,1-3H3. The van der Waals surface area contributed by atoms with Gasteiger partial charge in [0, 0.05) is 6.04 Å². The van der Waals surface area contributed by atoms with E-state index in [4.69, 9.17) is 9.15 Å². The van der Waals surface area contributed by atoms with Crippen molar-refractivity contribution in [2.75, 3.05) is 7.11 Å². The van der Waals surface area contributed by atoms with Crippen LogP contribution in [0.1, 0.15) is 19.9 Å². The van der Waals surface area contributed by atoms with Gasteiger partial charge in [-0.2, -0.15) is 0 Å². The molecule has 0 saturated heterocycles. The molecular formula is C7H11NO3. The minimum Gasteiger partial charge on any atom is -0.467 e. The van der Waals surface area contributed by atoms with Crippen LogP contribution in [-0.2, 0) is 0 Å². The van der Waals surface area contributed by atoms with E-state index in [1.165, 1.54) is 11.7 Å². The van der Waals surface area contributed by atoms with E-state index in [0.717, 1.165) is 0 Å². The lowest BCUT2D eigenvalue weighted by Crippen LogP contribution is -2.14. The van der Waals surface area contributed by atoms with Gasteiger partial charge in [0.15, 0.2) is 0 Å². The molecule has 0 amide bonds. The minimum atomic E-state index is -0.378. The zero-order valence-corrected chi connectivity index (χ0v) is 6.83. The Hall–Kier alpha value is -1.19. The molecule has 0 fully saturated rings. The Kier molecular flexibility index (Phi) is 2.03. The van der Waals surface area contributed by atoms with Gasteiger partial charge in [-0.25, -0.2) is 4.79 Å². The van der Waals surface area contributed by atoms with Gasteiger partial charge in [0.1, 0.15) is 0 Å². The van der Waals surface area contributed by atoms with Gasteiger partial charge >= 0.3 is 11.7 Å². The predicted molar refractivity (Wildman–Crippen MR) is 39.9 cm³/mol. The van der Waals surface area contributed by atoms with Crippen molar-refractivity contribution in [1.29, 1.82) is 0 Å². The number of hydrogen-bond donors (Lipinski definition) is 0. The van der Waals surface area contributed by atoms with Crippen molar-refractivity contribution in [3.05, 3.63) is 16.7 Å². The van der Waals surface area contributed by atoms with Crippen LogP contribution in [0.5, 0.6) is 5.95 Å². The van der Waals surface area contributed by atoms with E-state index in [-0.39, 0.29) is 17.7 Å². The third-order valence-corrected chi connectivity index (χ3v) is 1.40. The van der Waals surface area contributed by atoms with Crippen molar-refractivity contribution in [3.8, 4) is 5.95 Å². The van der Waals surface area contributed by atoms with Crippen molar-refractivity contribution in [1.82, 2.24) is 4.57 Å². The number of hydrogen-bond acceptors (Lipinski definition) is 3. The van der Waals surface area contributed by atoms with Crippen LogP contribution in [0.15, 0.2) is 15.4 Å². The van der Waals surface area contributed by atoms with Crippen LogP contribution >= 0.6 is 0 Å². The van der Waals surface area contributed by atoms with Crippen LogP contribution in [0.25, 0.3) is 0 Å². The Morgan fingerprint density at radius 2 is 2.27 bits per heavy atom. The van der Waals surface area contributed by atoms with Crippen LogP contribution in [0, 0.1) is 0 Å². The van der Waals surface area contributed by atoms with Gasteiger partial charge in [-0.1, -0.05) is 0 Å². The number of methoxy groups -OCH3 is 1. The maximum absolute atomic E-state index is 11.0. The first-order valence-electron chi connectivity index (χ1n) is 3.41. The summed E-state index contributed by atoms with van der Waals surface area (Å²) in [7, 11) is 1.46. The quantitative estimate of drug-likeness (QED) is 0.644. The lowest BCUT2D eigenvalue weighted by atomic mass is 10.4. The second kappa shape index (κ2) is 2.82. The molecule has 4 nitrogen and oxygen atoms in total. The molecule has 1 rings (SSSR count). The van der Waals surface area contributed by atoms with Crippen LogP contribution in [0.4, 0.5) is 0 Å². The molecule has 1 aromatic rings. The van der Waals surface area contributed by atoms with E-state index < -0.39 is 0 Å². The molecule has 0 bridgehead atoms. The van der Waals surface area contributed by atoms with Crippen LogP contribution in [-0.4, -0.2) is 11.7 Å². The topological polar surface area (TPSA) is 44.4 Å². The van der Waals surface area contributed by atoms with Gasteiger partial charge in [0.2, 0.25) is 0 Å². The Morgan fingerprint density at radius 3 is 2.55 bits per heavy atom. The van der Waals surface area contributed by atoms with Gasteiger partial charge in [0.05, 0.1) is 13.3 Å². The second-order valence-electron chi connectivity index (χ2n) is 2.52. The average Bonchev–Trinajstić information content (AvgIpc) is 2.30. The number of nitrogens with zero attached hydrogens (tertiary/aromatic N) is 1. The van der Waals surface area contributed by atoms with Gasteiger partial charge in [-0.15, -0.1) is 0 Å². The molecule has 0 spiro atoms. The van der Waals surface area contributed by atoms with Gasteiger partial charge in [-0.05, 0) is 13.8 Å². The molecule has 0 saturated carbocycles. The fraction of sp³-hybridized carbons (Fsp3) is 0.571. The Bertz CT molecular complexity index is 284. The highest BCUT2D eigenvalue weighted by Gasteiger charge is 2.07. The van der Waals surface area contributed by atoms with Gasteiger partial charge < -0.3 is 9.15 Å². The lowest BCUT2D eigenvalue weighted by molar-refractivity contribution is 0.292. The average molecular weight is 157 g/mol. The highest BCUT2D eigenvalue weighted by atomic mass is 16.6. The zero-order valence-electron chi connectivity index (χ0n) is 6.83. The molecule has 0 unspecified atom stereocenters. The maximum Gasteiger partial charge on any atom is 0.422 e. The summed E-state index contributed by atoms with van der Waals surface area (Å²) in [6, 6.07) is 0.107. The summed E-state index contributed by atoms with van der Waals surface area (Å²) in [6.07, 6.45) is 1.55. The molecule has 1 aromatic heterocycles. The number of oxazole rings is 1. The Labute approximate surface area is 64.4 Å². The number of aromatic nitrogens is 1. The van der Waals surface area contributed by atoms with E-state index >= 15 is 0 Å². The van der Waals surface area contributed by atoms with Crippen molar-refractivity contribution in [3.63, 3.8) is 0 Å². The first-order chi connectivity index (χ1) is 5.15. The van der Waals surface area contributed by atoms with E-state index in [1.807, 2.05) is 13.8 Å². The molecule has 1 heterocycles. The Balaban J connectivity index is 3.07. The van der Waals surface area contributed by atoms with Crippen LogP contribution in [0.3, 0.4) is 0 Å². The Morgan fingerprint density at radius 1 is 1.64 bits per heavy atom. The molecule has 0 N–H and O–H groups in total. The summed E-state index contributed by atoms with van der Waals surface area (Å²) in [5.41, 5.74) is 0. The smallest absolute Gasteiger partial charge is 0.422 e. The summed E-state index contributed by atoms with van der Waals surface area (Å²) in [5, 5.41) is 0. The fourth-order valence-electron chi connectivity index (χ4n) is 0.786. The van der Waals surface area contributed by atoms with E-state index in [0.29, 0.717) is 0 Å². The van der Waals surface area contributed by atoms with Crippen molar-refractivity contribution in [2.24, 2.45) is 0 Å². The van der Waals surface area contributed by atoms with Crippen molar-refractivity contribution in [2.45, 2.75) is 19.9 Å². The zero-order chi connectivity index (χ0) is 8.43. The molecule has 62 valence electrons. The molecule has 0 radical (unpaired) electrons. The maximum atomic E-state index is 11.0. The molecule has 0 atom stereocenters. The van der Waals surface area contributed by atoms with E-state index in [2.05, 4.69) is 0 Å². The van der Waals surface area contributed by atoms with Crippen LogP contribution in [0.2, 0.25) is 0 Å². The largest absolute Gasteiger partial charge is 0.467 e. The summed E-state index contributed by atoms with van der Waals surface area (Å²) in [5.74, 6) is -0.124. The SMILES string of the molecule is COc1cn(C(C)C)c(=O)o1. The summed E-state index contributed by atoms with van der Waals surface area (Å²) in [4.78, 5) is 11.0. The lowest BCUT2D eigenvalue weighted by Gasteiger charge is -2.00. The summed E-state index contributed by atoms with van der Waals surface area (Å²) < 4.78 is 10.9. The third kappa shape index (κ3) is 1.45. The van der Waals surface area contributed by atoms with Crippen molar-refractivity contribution >= 4 is 0 Å².